The normalized spacial score (nSPS) is 11.2. The van der Waals surface area contributed by atoms with Crippen molar-refractivity contribution in [1.82, 2.24) is 44.6 Å². The molecule has 0 amide bonds. The van der Waals surface area contributed by atoms with E-state index in [4.69, 9.17) is 25.7 Å². The van der Waals surface area contributed by atoms with Gasteiger partial charge in [0.05, 0.1) is 52.5 Å². The topological polar surface area (TPSA) is 199 Å². The lowest BCUT2D eigenvalue weighted by atomic mass is 10.0. The fourth-order valence-corrected chi connectivity index (χ4v) is 8.02. The van der Waals surface area contributed by atoms with Gasteiger partial charge in [-0.2, -0.15) is 0 Å². The van der Waals surface area contributed by atoms with E-state index in [0.717, 1.165) is 78.6 Å². The Morgan fingerprint density at radius 1 is 0.485 bits per heavy atom. The number of nitrogens with one attached hydrogen (secondary N) is 3. The quantitative estimate of drug-likeness (QED) is 0.0806. The van der Waals surface area contributed by atoms with Crippen molar-refractivity contribution in [2.45, 2.75) is 26.2 Å². The van der Waals surface area contributed by atoms with E-state index < -0.39 is 10.0 Å². The third-order valence-corrected chi connectivity index (χ3v) is 11.5. The van der Waals surface area contributed by atoms with E-state index in [-0.39, 0.29) is 6.54 Å². The van der Waals surface area contributed by atoms with Crippen molar-refractivity contribution >= 4 is 43.5 Å². The summed E-state index contributed by atoms with van der Waals surface area (Å²) in [6, 6.07) is 48.0. The van der Waals surface area contributed by atoms with Crippen LogP contribution in [0.3, 0.4) is 0 Å². The highest BCUT2D eigenvalue weighted by Crippen LogP contribution is 2.36. The van der Waals surface area contributed by atoms with Gasteiger partial charge in [0.25, 0.3) is 0 Å². The van der Waals surface area contributed by atoms with E-state index in [2.05, 4.69) is 71.7 Å². The zero-order valence-corrected chi connectivity index (χ0v) is 37.8. The molecule has 10 aromatic rings. The number of rotatable bonds is 14. The van der Waals surface area contributed by atoms with Crippen molar-refractivity contribution in [2.24, 2.45) is 5.73 Å². The Hall–Kier alpha value is -8.37. The molecular formula is C53H46N12O2S. The molecule has 0 radical (unpaired) electrons. The summed E-state index contributed by atoms with van der Waals surface area (Å²) >= 11 is 0. The SMILES string of the molecule is CS(=O)(=O)NCc1cncc(-c2nc(NCc3ccccn3)c3c(-c4ccccc4)cccc3n2)c1.NCc1cncc(-c2nc(NCc3ccccn3)c3c(-c4ccccc4)cccc3n2)c1. The van der Waals surface area contributed by atoms with Crippen LogP contribution in [-0.4, -0.2) is 54.5 Å². The molecule has 0 saturated carbocycles. The number of sulfonamides is 1. The summed E-state index contributed by atoms with van der Waals surface area (Å²) in [4.78, 5) is 37.0. The maximum absolute atomic E-state index is 11.5. The van der Waals surface area contributed by atoms with Crippen LogP contribution in [0.4, 0.5) is 11.6 Å². The van der Waals surface area contributed by atoms with E-state index >= 15 is 0 Å². The van der Waals surface area contributed by atoms with E-state index in [9.17, 15) is 8.42 Å². The van der Waals surface area contributed by atoms with Crippen molar-refractivity contribution in [1.29, 1.82) is 0 Å². The molecule has 6 heterocycles. The Balaban J connectivity index is 0.000000171. The van der Waals surface area contributed by atoms with Crippen LogP contribution < -0.4 is 21.1 Å². The second-order valence-electron chi connectivity index (χ2n) is 15.7. The van der Waals surface area contributed by atoms with Gasteiger partial charge in [0.2, 0.25) is 10.0 Å². The molecule has 0 saturated heterocycles. The minimum absolute atomic E-state index is 0.135. The average molecular weight is 915 g/mol. The first kappa shape index (κ1) is 44.8. The number of aromatic nitrogens is 8. The van der Waals surface area contributed by atoms with Crippen LogP contribution in [0, 0.1) is 0 Å². The van der Waals surface area contributed by atoms with Crippen LogP contribution in [0.2, 0.25) is 0 Å². The van der Waals surface area contributed by atoms with Crippen molar-refractivity contribution in [2.75, 3.05) is 16.9 Å². The first-order valence-corrected chi connectivity index (χ1v) is 23.7. The molecule has 0 fully saturated rings. The molecule has 0 bridgehead atoms. The zero-order chi connectivity index (χ0) is 46.7. The lowest BCUT2D eigenvalue weighted by Gasteiger charge is -2.14. The predicted molar refractivity (Wildman–Crippen MR) is 269 cm³/mol. The molecule has 0 aliphatic heterocycles. The van der Waals surface area contributed by atoms with Gasteiger partial charge in [-0.3, -0.25) is 19.9 Å². The number of hydrogen-bond acceptors (Lipinski definition) is 13. The van der Waals surface area contributed by atoms with Crippen LogP contribution in [0.25, 0.3) is 66.8 Å². The number of benzene rings is 4. The van der Waals surface area contributed by atoms with Crippen LogP contribution in [-0.2, 0) is 36.2 Å². The van der Waals surface area contributed by atoms with Crippen LogP contribution in [0.15, 0.2) is 183 Å². The number of fused-ring (bicyclic) bond motifs is 2. The maximum Gasteiger partial charge on any atom is 0.209 e. The lowest BCUT2D eigenvalue weighted by Crippen LogP contribution is -2.21. The molecule has 0 spiro atoms. The highest BCUT2D eigenvalue weighted by molar-refractivity contribution is 7.88. The maximum atomic E-state index is 11.5. The van der Waals surface area contributed by atoms with Crippen molar-refractivity contribution < 1.29 is 8.42 Å². The standard InChI is InChI=1S/C27H24N6O2S.C26H22N6/c1-36(34,35)31-16-19-14-21(17-28-15-19)26-32-24-12-7-11-23(20-8-3-2-4-9-20)25(24)27(33-26)30-18-22-10-5-6-13-29-22;27-14-18-13-20(16-28-15-18)25-31-23-11-6-10-22(19-7-2-1-3-8-19)24(23)26(32-25)30-17-21-9-4-5-12-29-21/h2-15,17,31H,16,18H2,1H3,(H,30,32,33);1-13,15-16H,14,17,27H2,(H,30,31,32). The van der Waals surface area contributed by atoms with Crippen LogP contribution in [0.5, 0.6) is 0 Å². The van der Waals surface area contributed by atoms with Crippen LogP contribution >= 0.6 is 0 Å². The van der Waals surface area contributed by atoms with E-state index in [1.54, 1.807) is 37.2 Å². The van der Waals surface area contributed by atoms with E-state index in [1.807, 2.05) is 109 Å². The molecular weight excluding hydrogens is 869 g/mol. The molecule has 10 rings (SSSR count). The second kappa shape index (κ2) is 20.9. The first-order valence-electron chi connectivity index (χ1n) is 21.8. The number of pyridine rings is 4. The minimum Gasteiger partial charge on any atom is -0.364 e. The zero-order valence-electron chi connectivity index (χ0n) is 37.0. The Morgan fingerprint density at radius 3 is 1.41 bits per heavy atom. The van der Waals surface area contributed by atoms with E-state index in [1.165, 1.54) is 0 Å². The Morgan fingerprint density at radius 2 is 0.956 bits per heavy atom. The van der Waals surface area contributed by atoms with Gasteiger partial charge in [-0.1, -0.05) is 97.1 Å². The molecule has 336 valence electrons. The molecule has 15 heteroatoms. The Kier molecular flexibility index (Phi) is 13.7. The number of hydrogen-bond donors (Lipinski definition) is 4. The van der Waals surface area contributed by atoms with Gasteiger partial charge in [0, 0.05) is 61.4 Å². The monoisotopic (exact) mass is 914 g/mol. The third-order valence-electron chi connectivity index (χ3n) is 10.8. The highest BCUT2D eigenvalue weighted by Gasteiger charge is 2.17. The average Bonchev–Trinajstić information content (AvgIpc) is 3.39. The number of nitrogens with zero attached hydrogens (tertiary/aromatic N) is 8. The second-order valence-corrected chi connectivity index (χ2v) is 17.6. The van der Waals surface area contributed by atoms with Crippen molar-refractivity contribution in [3.63, 3.8) is 0 Å². The Bertz CT molecular complexity index is 3420. The summed E-state index contributed by atoms with van der Waals surface area (Å²) in [6.45, 7) is 1.59. The van der Waals surface area contributed by atoms with Crippen molar-refractivity contribution in [3.05, 3.63) is 205 Å². The third kappa shape index (κ3) is 11.0. The largest absolute Gasteiger partial charge is 0.364 e. The molecule has 4 aromatic carbocycles. The summed E-state index contributed by atoms with van der Waals surface area (Å²) in [6.07, 6.45) is 11.5. The lowest BCUT2D eigenvalue weighted by molar-refractivity contribution is 0.587. The molecule has 68 heavy (non-hydrogen) atoms. The summed E-state index contributed by atoms with van der Waals surface area (Å²) in [5.74, 6) is 2.53. The summed E-state index contributed by atoms with van der Waals surface area (Å²) in [7, 11) is -3.33. The first-order chi connectivity index (χ1) is 33.3. The van der Waals surface area contributed by atoms with Gasteiger partial charge in [0.1, 0.15) is 11.6 Å². The molecule has 0 aliphatic carbocycles. The number of nitrogens with two attached hydrogens (primary N) is 1. The highest BCUT2D eigenvalue weighted by atomic mass is 32.2. The Labute approximate surface area is 394 Å². The summed E-state index contributed by atoms with van der Waals surface area (Å²) in [5.41, 5.74) is 16.7. The molecule has 5 N–H and O–H groups in total. The van der Waals surface area contributed by atoms with Gasteiger partial charge in [-0.05, 0) is 81.9 Å². The summed E-state index contributed by atoms with van der Waals surface area (Å²) in [5, 5.41) is 8.83. The van der Waals surface area contributed by atoms with Gasteiger partial charge in [-0.15, -0.1) is 0 Å². The van der Waals surface area contributed by atoms with Crippen molar-refractivity contribution in [3.8, 4) is 45.0 Å². The number of anilines is 2. The molecule has 6 aromatic heterocycles. The predicted octanol–water partition coefficient (Wildman–Crippen LogP) is 9.24. The van der Waals surface area contributed by atoms with Gasteiger partial charge < -0.3 is 16.4 Å². The molecule has 0 atom stereocenters. The molecule has 0 aliphatic rings. The fourth-order valence-electron chi connectivity index (χ4n) is 7.59. The van der Waals surface area contributed by atoms with Crippen LogP contribution in [0.1, 0.15) is 22.5 Å². The summed E-state index contributed by atoms with van der Waals surface area (Å²) < 4.78 is 25.5. The molecule has 14 nitrogen and oxygen atoms in total. The fraction of sp³-hybridized carbons (Fsp3) is 0.0943. The minimum atomic E-state index is -3.33. The van der Waals surface area contributed by atoms with Gasteiger partial charge >= 0.3 is 0 Å². The van der Waals surface area contributed by atoms with Gasteiger partial charge in [0.15, 0.2) is 11.6 Å². The smallest absolute Gasteiger partial charge is 0.209 e. The van der Waals surface area contributed by atoms with Gasteiger partial charge in [-0.25, -0.2) is 33.1 Å². The van der Waals surface area contributed by atoms with E-state index in [0.29, 0.717) is 48.2 Å². The molecule has 0 unspecified atom stereocenters.